The summed E-state index contributed by atoms with van der Waals surface area (Å²) in [6.45, 7) is 2.63. The van der Waals surface area contributed by atoms with Crippen molar-refractivity contribution in [3.8, 4) is 6.01 Å². The van der Waals surface area contributed by atoms with Crippen molar-refractivity contribution in [3.63, 3.8) is 0 Å². The van der Waals surface area contributed by atoms with Gasteiger partial charge in [-0.15, -0.1) is 0 Å². The Balaban J connectivity index is 2.73. The van der Waals surface area contributed by atoms with Gasteiger partial charge in [-0.3, -0.25) is 0 Å². The molecule has 0 fully saturated rings. The van der Waals surface area contributed by atoms with Crippen molar-refractivity contribution >= 4 is 11.9 Å². The van der Waals surface area contributed by atoms with Gasteiger partial charge in [-0.05, 0) is 6.92 Å². The average molecular weight is 199 g/mol. The van der Waals surface area contributed by atoms with Crippen LogP contribution < -0.4 is 15.8 Å². The second kappa shape index (κ2) is 5.18. The summed E-state index contributed by atoms with van der Waals surface area (Å²) >= 11 is 0. The first-order chi connectivity index (χ1) is 6.76. The monoisotopic (exact) mass is 199 g/mol. The van der Waals surface area contributed by atoms with Gasteiger partial charge in [-0.1, -0.05) is 0 Å². The van der Waals surface area contributed by atoms with Crippen molar-refractivity contribution in [2.45, 2.75) is 6.92 Å². The molecule has 0 aromatic carbocycles. The van der Waals surface area contributed by atoms with Crippen LogP contribution in [0.2, 0.25) is 0 Å². The predicted molar refractivity (Wildman–Crippen MR) is 51.0 cm³/mol. The van der Waals surface area contributed by atoms with Crippen molar-refractivity contribution in [1.82, 2.24) is 15.0 Å². The molecule has 0 radical (unpaired) electrons. The number of hydrogen-bond donors (Lipinski definition) is 3. The van der Waals surface area contributed by atoms with Gasteiger partial charge in [0.15, 0.2) is 0 Å². The zero-order valence-electron chi connectivity index (χ0n) is 7.90. The molecule has 14 heavy (non-hydrogen) atoms. The van der Waals surface area contributed by atoms with Gasteiger partial charge in [0, 0.05) is 6.54 Å². The van der Waals surface area contributed by atoms with Gasteiger partial charge in [0.05, 0.1) is 13.2 Å². The minimum Gasteiger partial charge on any atom is -0.464 e. The van der Waals surface area contributed by atoms with E-state index in [1.54, 1.807) is 0 Å². The second-order valence-electron chi connectivity index (χ2n) is 2.38. The smallest absolute Gasteiger partial charge is 0.323 e. The molecule has 0 unspecified atom stereocenters. The maximum atomic E-state index is 8.57. The molecule has 0 aliphatic rings. The van der Waals surface area contributed by atoms with Gasteiger partial charge in [0.25, 0.3) is 0 Å². The zero-order valence-corrected chi connectivity index (χ0v) is 7.90. The second-order valence-corrected chi connectivity index (χ2v) is 2.38. The summed E-state index contributed by atoms with van der Waals surface area (Å²) in [5, 5.41) is 11.3. The fourth-order valence-electron chi connectivity index (χ4n) is 0.813. The maximum Gasteiger partial charge on any atom is 0.323 e. The van der Waals surface area contributed by atoms with Crippen LogP contribution in [0.4, 0.5) is 11.9 Å². The SMILES string of the molecule is CCOc1nc(N)nc(NCCO)n1. The first kappa shape index (κ1) is 10.5. The van der Waals surface area contributed by atoms with Crippen molar-refractivity contribution in [2.24, 2.45) is 0 Å². The molecule has 0 bridgehead atoms. The van der Waals surface area contributed by atoms with Crippen LogP contribution in [-0.2, 0) is 0 Å². The molecule has 0 aliphatic carbocycles. The van der Waals surface area contributed by atoms with E-state index in [1.165, 1.54) is 0 Å². The van der Waals surface area contributed by atoms with Crippen LogP contribution in [0, 0.1) is 0 Å². The number of hydrogen-bond acceptors (Lipinski definition) is 7. The summed E-state index contributed by atoms with van der Waals surface area (Å²) in [6, 6.07) is 0.181. The molecular formula is C7H13N5O2. The maximum absolute atomic E-state index is 8.57. The van der Waals surface area contributed by atoms with E-state index in [-0.39, 0.29) is 18.6 Å². The normalized spacial score (nSPS) is 9.86. The van der Waals surface area contributed by atoms with E-state index < -0.39 is 0 Å². The Morgan fingerprint density at radius 2 is 2.21 bits per heavy atom. The highest BCUT2D eigenvalue weighted by Crippen LogP contribution is 2.07. The number of aromatic nitrogens is 3. The molecule has 7 nitrogen and oxygen atoms in total. The van der Waals surface area contributed by atoms with Gasteiger partial charge >= 0.3 is 6.01 Å². The number of rotatable bonds is 5. The lowest BCUT2D eigenvalue weighted by molar-refractivity contribution is 0.307. The highest BCUT2D eigenvalue weighted by Gasteiger charge is 2.03. The Hall–Kier alpha value is -1.63. The van der Waals surface area contributed by atoms with E-state index in [9.17, 15) is 0 Å². The number of nitrogen functional groups attached to an aromatic ring is 1. The molecule has 78 valence electrons. The standard InChI is InChI=1S/C7H13N5O2/c1-2-14-7-11-5(8)10-6(12-7)9-3-4-13/h13H,2-4H2,1H3,(H3,8,9,10,11,12). The van der Waals surface area contributed by atoms with Crippen LogP contribution >= 0.6 is 0 Å². The third kappa shape index (κ3) is 3.02. The number of aliphatic hydroxyl groups excluding tert-OH is 1. The van der Waals surface area contributed by atoms with E-state index in [2.05, 4.69) is 20.3 Å². The number of nitrogens with two attached hydrogens (primary N) is 1. The van der Waals surface area contributed by atoms with Gasteiger partial charge in [-0.2, -0.15) is 15.0 Å². The Labute approximate surface area is 81.3 Å². The molecule has 0 aliphatic heterocycles. The molecule has 1 aromatic heterocycles. The summed E-state index contributed by atoms with van der Waals surface area (Å²) in [5.41, 5.74) is 5.42. The van der Waals surface area contributed by atoms with Gasteiger partial charge < -0.3 is 20.9 Å². The number of nitrogens with zero attached hydrogens (tertiary/aromatic N) is 3. The summed E-state index contributed by atoms with van der Waals surface area (Å²) < 4.78 is 5.06. The highest BCUT2D eigenvalue weighted by molar-refractivity contribution is 5.32. The van der Waals surface area contributed by atoms with Gasteiger partial charge in [0.2, 0.25) is 11.9 Å². The minimum atomic E-state index is -0.00441. The summed E-state index contributed by atoms with van der Waals surface area (Å²) in [4.78, 5) is 11.5. The molecule has 0 atom stereocenters. The van der Waals surface area contributed by atoms with Crippen LogP contribution in [0.3, 0.4) is 0 Å². The van der Waals surface area contributed by atoms with E-state index in [0.29, 0.717) is 19.1 Å². The highest BCUT2D eigenvalue weighted by atomic mass is 16.5. The fourth-order valence-corrected chi connectivity index (χ4v) is 0.813. The first-order valence-electron chi connectivity index (χ1n) is 4.25. The third-order valence-electron chi connectivity index (χ3n) is 1.30. The lowest BCUT2D eigenvalue weighted by Gasteiger charge is -2.05. The summed E-state index contributed by atoms with van der Waals surface area (Å²) in [5.74, 6) is 0.388. The molecule has 0 spiro atoms. The molecule has 1 rings (SSSR count). The molecule has 7 heteroatoms. The Morgan fingerprint density at radius 3 is 2.86 bits per heavy atom. The zero-order chi connectivity index (χ0) is 10.4. The molecule has 1 heterocycles. The quantitative estimate of drug-likeness (QED) is 0.573. The molecule has 0 saturated heterocycles. The predicted octanol–water partition coefficient (Wildman–Crippen LogP) is -0.743. The third-order valence-corrected chi connectivity index (χ3v) is 1.30. The van der Waals surface area contributed by atoms with E-state index in [0.717, 1.165) is 0 Å². The molecule has 0 saturated carbocycles. The summed E-state index contributed by atoms with van der Waals surface area (Å²) in [6.07, 6.45) is 0. The van der Waals surface area contributed by atoms with Crippen LogP contribution in [0.1, 0.15) is 6.92 Å². The minimum absolute atomic E-state index is 0.00441. The largest absolute Gasteiger partial charge is 0.464 e. The van der Waals surface area contributed by atoms with Crippen molar-refractivity contribution in [1.29, 1.82) is 0 Å². The topological polar surface area (TPSA) is 106 Å². The van der Waals surface area contributed by atoms with Crippen molar-refractivity contribution in [3.05, 3.63) is 0 Å². The molecule has 0 amide bonds. The Morgan fingerprint density at radius 1 is 1.43 bits per heavy atom. The van der Waals surface area contributed by atoms with Crippen LogP contribution in [-0.4, -0.2) is 39.8 Å². The van der Waals surface area contributed by atoms with Gasteiger partial charge in [-0.25, -0.2) is 0 Å². The average Bonchev–Trinajstić information content (AvgIpc) is 2.14. The fraction of sp³-hybridized carbons (Fsp3) is 0.571. The Bertz CT molecular complexity index is 293. The molecule has 4 N–H and O–H groups in total. The molecule has 1 aromatic rings. The van der Waals surface area contributed by atoms with Crippen LogP contribution in [0.25, 0.3) is 0 Å². The van der Waals surface area contributed by atoms with Crippen LogP contribution in [0.5, 0.6) is 6.01 Å². The van der Waals surface area contributed by atoms with Crippen LogP contribution in [0.15, 0.2) is 0 Å². The number of nitrogens with one attached hydrogen (secondary N) is 1. The van der Waals surface area contributed by atoms with E-state index in [1.807, 2.05) is 6.92 Å². The van der Waals surface area contributed by atoms with Crippen molar-refractivity contribution in [2.75, 3.05) is 30.8 Å². The lowest BCUT2D eigenvalue weighted by Crippen LogP contribution is -2.11. The number of aliphatic hydroxyl groups is 1. The van der Waals surface area contributed by atoms with E-state index >= 15 is 0 Å². The van der Waals surface area contributed by atoms with Gasteiger partial charge in [0.1, 0.15) is 0 Å². The Kier molecular flexibility index (Phi) is 3.86. The first-order valence-corrected chi connectivity index (χ1v) is 4.25. The number of ether oxygens (including phenoxy) is 1. The molecular weight excluding hydrogens is 186 g/mol. The number of anilines is 2. The van der Waals surface area contributed by atoms with Crippen molar-refractivity contribution < 1.29 is 9.84 Å². The lowest BCUT2D eigenvalue weighted by atomic mass is 10.7. The summed E-state index contributed by atoms with van der Waals surface area (Å²) in [7, 11) is 0. The van der Waals surface area contributed by atoms with E-state index in [4.69, 9.17) is 15.6 Å².